The molecule has 1 aromatic carbocycles. The van der Waals surface area contributed by atoms with Crippen LogP contribution in [0.1, 0.15) is 16.9 Å². The summed E-state index contributed by atoms with van der Waals surface area (Å²) in [5.74, 6) is -0.570. The number of amides is 1. The van der Waals surface area contributed by atoms with Crippen LogP contribution in [0.5, 0.6) is 5.75 Å². The van der Waals surface area contributed by atoms with Crippen molar-refractivity contribution in [2.75, 3.05) is 26.9 Å². The molecule has 1 aliphatic rings. The molecule has 2 aromatic rings. The molecule has 0 radical (unpaired) electrons. The number of aliphatic carboxylic acids is 1. The number of carbonyl (C=O) groups excluding carboxylic acids is 1. The van der Waals surface area contributed by atoms with Gasteiger partial charge in [-0.15, -0.1) is 0 Å². The zero-order chi connectivity index (χ0) is 18.7. The van der Waals surface area contributed by atoms with E-state index in [4.69, 9.17) is 19.3 Å². The van der Waals surface area contributed by atoms with Gasteiger partial charge in [0.2, 0.25) is 0 Å². The molecule has 0 unspecified atom stereocenters. The van der Waals surface area contributed by atoms with Gasteiger partial charge in [0, 0.05) is 25.1 Å². The largest absolute Gasteiger partial charge is 0.497 e. The molecule has 1 fully saturated rings. The highest BCUT2D eigenvalue weighted by Gasteiger charge is 2.29. The number of hydrogen-bond donors (Lipinski definition) is 2. The lowest BCUT2D eigenvalue weighted by molar-refractivity contribution is -0.148. The molecule has 0 spiro atoms. The summed E-state index contributed by atoms with van der Waals surface area (Å²) in [5.41, 5.74) is 1.40. The molecule has 1 aromatic heterocycles. The van der Waals surface area contributed by atoms with E-state index in [0.29, 0.717) is 18.7 Å². The number of aryl methyl sites for hydroxylation is 1. The zero-order valence-corrected chi connectivity index (χ0v) is 14.7. The van der Waals surface area contributed by atoms with Gasteiger partial charge in [-0.25, -0.2) is 4.79 Å². The number of benzene rings is 1. The molecule has 1 saturated heterocycles. The van der Waals surface area contributed by atoms with Gasteiger partial charge in [0.15, 0.2) is 0 Å². The van der Waals surface area contributed by atoms with Crippen molar-refractivity contribution in [1.29, 1.82) is 0 Å². The van der Waals surface area contributed by atoms with Gasteiger partial charge in [0.1, 0.15) is 24.2 Å². The summed E-state index contributed by atoms with van der Waals surface area (Å²) in [6.07, 6.45) is 0.0759. The summed E-state index contributed by atoms with van der Waals surface area (Å²) in [6, 6.07) is 7.13. The highest BCUT2D eigenvalue weighted by atomic mass is 16.5. The van der Waals surface area contributed by atoms with E-state index in [1.165, 1.54) is 0 Å². The number of methoxy groups -OCH3 is 1. The van der Waals surface area contributed by atoms with E-state index in [9.17, 15) is 9.59 Å². The predicted octanol–water partition coefficient (Wildman–Crippen LogP) is 1.18. The van der Waals surface area contributed by atoms with Crippen molar-refractivity contribution in [3.8, 4) is 5.75 Å². The highest BCUT2D eigenvalue weighted by Crippen LogP contribution is 2.24. The van der Waals surface area contributed by atoms with Crippen LogP contribution in [0.25, 0.3) is 10.9 Å². The van der Waals surface area contributed by atoms with Crippen molar-refractivity contribution in [2.45, 2.75) is 18.6 Å². The second-order valence-corrected chi connectivity index (χ2v) is 6.20. The molecule has 0 aliphatic carbocycles. The Morgan fingerprint density at radius 2 is 2.19 bits per heavy atom. The minimum atomic E-state index is -1.05. The van der Waals surface area contributed by atoms with Gasteiger partial charge in [-0.05, 0) is 24.6 Å². The Hall–Kier alpha value is -2.58. The molecule has 2 N–H and O–H groups in total. The Morgan fingerprint density at radius 3 is 2.92 bits per heavy atom. The molecule has 0 bridgehead atoms. The number of carboxylic acid groups (broad SMARTS) is 1. The lowest BCUT2D eigenvalue weighted by Gasteiger charge is -2.31. The number of ether oxygens (including phenoxy) is 3. The summed E-state index contributed by atoms with van der Waals surface area (Å²) in [4.78, 5) is 23.5. The third kappa shape index (κ3) is 3.81. The zero-order valence-electron chi connectivity index (χ0n) is 14.7. The third-order valence-corrected chi connectivity index (χ3v) is 4.53. The quantitative estimate of drug-likeness (QED) is 0.801. The lowest BCUT2D eigenvalue weighted by atomic mass is 10.1. The fraction of sp³-hybridized carbons (Fsp3) is 0.444. The number of fused-ring (bicyclic) bond motifs is 1. The Bertz CT molecular complexity index is 815. The highest BCUT2D eigenvalue weighted by molar-refractivity contribution is 5.99. The molecule has 140 valence electrons. The molecule has 26 heavy (non-hydrogen) atoms. The van der Waals surface area contributed by atoms with Crippen molar-refractivity contribution in [1.82, 2.24) is 9.88 Å². The lowest BCUT2D eigenvalue weighted by Crippen LogP contribution is -2.50. The summed E-state index contributed by atoms with van der Waals surface area (Å²) >= 11 is 0. The van der Waals surface area contributed by atoms with Gasteiger partial charge in [-0.3, -0.25) is 4.79 Å². The van der Waals surface area contributed by atoms with E-state index in [1.807, 2.05) is 31.3 Å². The number of nitrogens with one attached hydrogen (secondary N) is 1. The average molecular weight is 362 g/mol. The Morgan fingerprint density at radius 1 is 1.38 bits per heavy atom. The molecule has 2 heterocycles. The topological polar surface area (TPSA) is 99.0 Å². The second-order valence-electron chi connectivity index (χ2n) is 6.20. The first-order valence-corrected chi connectivity index (χ1v) is 8.35. The van der Waals surface area contributed by atoms with Crippen LogP contribution in [0, 0.1) is 0 Å². The van der Waals surface area contributed by atoms with Gasteiger partial charge >= 0.3 is 5.97 Å². The first kappa shape index (κ1) is 18.2. The molecule has 3 rings (SSSR count). The summed E-state index contributed by atoms with van der Waals surface area (Å²) < 4.78 is 17.7. The average Bonchev–Trinajstić information content (AvgIpc) is 2.97. The van der Waals surface area contributed by atoms with Crippen molar-refractivity contribution in [3.05, 3.63) is 30.0 Å². The van der Waals surface area contributed by atoms with Gasteiger partial charge in [0.25, 0.3) is 5.91 Å². The smallest absolute Gasteiger partial charge is 0.329 e. The van der Waals surface area contributed by atoms with Crippen LogP contribution in [-0.4, -0.2) is 60.6 Å². The van der Waals surface area contributed by atoms with Crippen LogP contribution in [0.4, 0.5) is 0 Å². The van der Waals surface area contributed by atoms with Crippen LogP contribution in [0.2, 0.25) is 0 Å². The Kier molecular flexibility index (Phi) is 5.43. The number of aromatic nitrogens is 1. The molecule has 2 atom stereocenters. The van der Waals surface area contributed by atoms with E-state index >= 15 is 0 Å². The van der Waals surface area contributed by atoms with Crippen molar-refractivity contribution < 1.29 is 28.9 Å². The van der Waals surface area contributed by atoms with Crippen LogP contribution in [-0.2, 0) is 21.3 Å². The predicted molar refractivity (Wildman–Crippen MR) is 93.5 cm³/mol. The van der Waals surface area contributed by atoms with E-state index in [-0.39, 0.29) is 18.6 Å². The van der Waals surface area contributed by atoms with Crippen LogP contribution >= 0.6 is 0 Å². The molecular weight excluding hydrogens is 340 g/mol. The standard InChI is InChI=1S/C18H22N2O6/c1-20-14-8-12(24-2)4-3-11(14)7-15(20)18(23)19-13-5-6-25-9-16(13)26-10-17(21)22/h3-4,7-8,13,16H,5-6,9-10H2,1-2H3,(H,19,23)(H,21,22)/t13-,16-/m1/s1. The van der Waals surface area contributed by atoms with Gasteiger partial charge < -0.3 is 29.2 Å². The minimum Gasteiger partial charge on any atom is -0.497 e. The van der Waals surface area contributed by atoms with E-state index in [1.54, 1.807) is 11.7 Å². The van der Waals surface area contributed by atoms with Gasteiger partial charge in [0.05, 0.1) is 25.3 Å². The van der Waals surface area contributed by atoms with Crippen LogP contribution < -0.4 is 10.1 Å². The summed E-state index contributed by atoms with van der Waals surface area (Å²) in [6.45, 7) is 0.322. The van der Waals surface area contributed by atoms with Gasteiger partial charge in [-0.1, -0.05) is 0 Å². The van der Waals surface area contributed by atoms with Crippen LogP contribution in [0.15, 0.2) is 24.3 Å². The SMILES string of the molecule is COc1ccc2cc(C(=O)N[C@@H]3CCOC[C@H]3OCC(=O)O)n(C)c2c1. The maximum atomic E-state index is 12.8. The second kappa shape index (κ2) is 7.76. The molecule has 8 nitrogen and oxygen atoms in total. The number of carbonyl (C=O) groups is 2. The van der Waals surface area contributed by atoms with Gasteiger partial charge in [-0.2, -0.15) is 0 Å². The Balaban J connectivity index is 1.77. The molecule has 8 heteroatoms. The van der Waals surface area contributed by atoms with Crippen molar-refractivity contribution in [3.63, 3.8) is 0 Å². The molecule has 0 saturated carbocycles. The van der Waals surface area contributed by atoms with E-state index in [2.05, 4.69) is 5.32 Å². The molecule has 1 amide bonds. The minimum absolute atomic E-state index is 0.238. The Labute approximate surface area is 150 Å². The van der Waals surface area contributed by atoms with Crippen molar-refractivity contribution in [2.24, 2.45) is 7.05 Å². The van der Waals surface area contributed by atoms with E-state index < -0.39 is 18.7 Å². The number of nitrogens with zero attached hydrogens (tertiary/aromatic N) is 1. The third-order valence-electron chi connectivity index (χ3n) is 4.53. The molecule has 1 aliphatic heterocycles. The number of hydrogen-bond acceptors (Lipinski definition) is 5. The monoisotopic (exact) mass is 362 g/mol. The van der Waals surface area contributed by atoms with Crippen LogP contribution in [0.3, 0.4) is 0 Å². The normalized spacial score (nSPS) is 20.1. The maximum absolute atomic E-state index is 12.8. The summed E-state index contributed by atoms with van der Waals surface area (Å²) in [5, 5.41) is 12.7. The first-order chi connectivity index (χ1) is 12.5. The summed E-state index contributed by atoms with van der Waals surface area (Å²) in [7, 11) is 3.42. The van der Waals surface area contributed by atoms with Crippen molar-refractivity contribution >= 4 is 22.8 Å². The fourth-order valence-corrected chi connectivity index (χ4v) is 3.12. The maximum Gasteiger partial charge on any atom is 0.329 e. The van der Waals surface area contributed by atoms with E-state index in [0.717, 1.165) is 16.7 Å². The fourth-order valence-electron chi connectivity index (χ4n) is 3.12. The number of carboxylic acids is 1. The first-order valence-electron chi connectivity index (χ1n) is 8.35. The number of rotatable bonds is 6. The molecular formula is C18H22N2O6.